The molecule has 164 valence electrons. The van der Waals surface area contributed by atoms with E-state index >= 15 is 0 Å². The summed E-state index contributed by atoms with van der Waals surface area (Å²) in [5.41, 5.74) is 6.34. The molecule has 0 radical (unpaired) electrons. The first-order valence-corrected chi connectivity index (χ1v) is 12.2. The first-order chi connectivity index (χ1) is 14.6. The van der Waals surface area contributed by atoms with Crippen LogP contribution in [0.4, 0.5) is 11.4 Å². The SMILES string of the molecule is CC1(C)CC=C(c2cc(N3CCOCC3)ccc2N2CCN(CC3CC3)CC2)CC1. The number of morpholine rings is 1. The number of benzene rings is 1. The summed E-state index contributed by atoms with van der Waals surface area (Å²) in [6.07, 6.45) is 9.13. The number of rotatable bonds is 5. The van der Waals surface area contributed by atoms with Gasteiger partial charge in [-0.1, -0.05) is 19.9 Å². The molecule has 2 heterocycles. The summed E-state index contributed by atoms with van der Waals surface area (Å²) in [5.74, 6) is 0.996. The Hall–Kier alpha value is -1.52. The van der Waals surface area contributed by atoms with E-state index < -0.39 is 0 Å². The number of anilines is 2. The summed E-state index contributed by atoms with van der Waals surface area (Å²) in [7, 11) is 0. The van der Waals surface area contributed by atoms with E-state index in [0.29, 0.717) is 5.41 Å². The van der Waals surface area contributed by atoms with Gasteiger partial charge in [-0.15, -0.1) is 0 Å². The lowest BCUT2D eigenvalue weighted by molar-refractivity contribution is 0.122. The average molecular weight is 410 g/mol. The molecule has 3 fully saturated rings. The van der Waals surface area contributed by atoms with Gasteiger partial charge in [-0.2, -0.15) is 0 Å². The highest BCUT2D eigenvalue weighted by atomic mass is 16.5. The van der Waals surface area contributed by atoms with Crippen LogP contribution in [-0.4, -0.2) is 63.9 Å². The monoisotopic (exact) mass is 409 g/mol. The molecule has 1 saturated carbocycles. The molecule has 4 nitrogen and oxygen atoms in total. The minimum absolute atomic E-state index is 0.444. The number of ether oxygens (including phenoxy) is 1. The molecule has 1 aromatic carbocycles. The van der Waals surface area contributed by atoms with Crippen molar-refractivity contribution < 1.29 is 4.74 Å². The molecule has 0 bridgehead atoms. The van der Waals surface area contributed by atoms with Gasteiger partial charge in [-0.05, 0) is 67.2 Å². The van der Waals surface area contributed by atoms with Crippen molar-refractivity contribution in [2.45, 2.75) is 46.0 Å². The van der Waals surface area contributed by atoms with Gasteiger partial charge in [-0.3, -0.25) is 4.90 Å². The largest absolute Gasteiger partial charge is 0.378 e. The highest BCUT2D eigenvalue weighted by Gasteiger charge is 2.28. The molecule has 0 spiro atoms. The molecule has 1 aromatic rings. The van der Waals surface area contributed by atoms with Crippen LogP contribution in [0.3, 0.4) is 0 Å². The van der Waals surface area contributed by atoms with Crippen molar-refractivity contribution in [3.05, 3.63) is 29.8 Å². The zero-order valence-corrected chi connectivity index (χ0v) is 19.0. The Labute approximate surface area is 182 Å². The fourth-order valence-electron chi connectivity index (χ4n) is 5.23. The number of nitrogens with zero attached hydrogens (tertiary/aromatic N) is 3. The van der Waals surface area contributed by atoms with Crippen molar-refractivity contribution in [2.24, 2.45) is 11.3 Å². The maximum Gasteiger partial charge on any atom is 0.0642 e. The third kappa shape index (κ3) is 4.70. The average Bonchev–Trinajstić information content (AvgIpc) is 3.59. The highest BCUT2D eigenvalue weighted by molar-refractivity contribution is 5.80. The van der Waals surface area contributed by atoms with E-state index in [1.807, 2.05) is 0 Å². The van der Waals surface area contributed by atoms with Gasteiger partial charge in [0, 0.05) is 62.8 Å². The lowest BCUT2D eigenvalue weighted by Gasteiger charge is -2.38. The summed E-state index contributed by atoms with van der Waals surface area (Å²) in [5, 5.41) is 0. The molecule has 4 aliphatic rings. The molecule has 2 aliphatic heterocycles. The van der Waals surface area contributed by atoms with Crippen molar-refractivity contribution in [2.75, 3.05) is 68.8 Å². The number of allylic oxidation sites excluding steroid dienone is 2. The lowest BCUT2D eigenvalue weighted by Crippen LogP contribution is -2.47. The summed E-state index contributed by atoms with van der Waals surface area (Å²) >= 11 is 0. The molecule has 0 amide bonds. The van der Waals surface area contributed by atoms with Crippen LogP contribution in [0.1, 0.15) is 51.5 Å². The Morgan fingerprint density at radius 2 is 1.73 bits per heavy atom. The van der Waals surface area contributed by atoms with Gasteiger partial charge in [-0.25, -0.2) is 0 Å². The van der Waals surface area contributed by atoms with Crippen molar-refractivity contribution >= 4 is 16.9 Å². The molecule has 2 aliphatic carbocycles. The van der Waals surface area contributed by atoms with Crippen molar-refractivity contribution in [3.8, 4) is 0 Å². The van der Waals surface area contributed by atoms with E-state index in [9.17, 15) is 0 Å². The molecule has 5 rings (SSSR count). The quantitative estimate of drug-likeness (QED) is 0.705. The molecule has 0 aromatic heterocycles. The molecule has 0 atom stereocenters. The van der Waals surface area contributed by atoms with Gasteiger partial charge < -0.3 is 14.5 Å². The molecule has 0 unspecified atom stereocenters. The molecule has 2 saturated heterocycles. The van der Waals surface area contributed by atoms with E-state index in [0.717, 1.165) is 45.3 Å². The summed E-state index contributed by atoms with van der Waals surface area (Å²) in [4.78, 5) is 7.85. The van der Waals surface area contributed by atoms with Crippen LogP contribution < -0.4 is 9.80 Å². The van der Waals surface area contributed by atoms with Crippen molar-refractivity contribution in [1.29, 1.82) is 0 Å². The molecular formula is C26H39N3O. The molecule has 4 heteroatoms. The minimum atomic E-state index is 0.444. The number of piperazine rings is 1. The van der Waals surface area contributed by atoms with Crippen molar-refractivity contribution in [3.63, 3.8) is 0 Å². The Morgan fingerprint density at radius 1 is 0.967 bits per heavy atom. The van der Waals surface area contributed by atoms with Crippen LogP contribution in [0.15, 0.2) is 24.3 Å². The Morgan fingerprint density at radius 3 is 2.40 bits per heavy atom. The first-order valence-electron chi connectivity index (χ1n) is 12.2. The van der Waals surface area contributed by atoms with Gasteiger partial charge in [0.15, 0.2) is 0 Å². The van der Waals surface area contributed by atoms with Gasteiger partial charge in [0.25, 0.3) is 0 Å². The van der Waals surface area contributed by atoms with Crippen LogP contribution in [-0.2, 0) is 4.74 Å². The standard InChI is InChI=1S/C26H39N3O/c1-26(2)9-7-22(8-10-26)24-19-23(28-15-17-30-18-16-28)5-6-25(24)29-13-11-27(12-14-29)20-21-3-4-21/h5-7,19,21H,3-4,8-18,20H2,1-2H3. The third-order valence-corrected chi connectivity index (χ3v) is 7.60. The maximum absolute atomic E-state index is 5.59. The smallest absolute Gasteiger partial charge is 0.0642 e. The number of hydrogen-bond acceptors (Lipinski definition) is 4. The number of hydrogen-bond donors (Lipinski definition) is 0. The van der Waals surface area contributed by atoms with E-state index in [4.69, 9.17) is 4.74 Å². The Bertz CT molecular complexity index is 768. The minimum Gasteiger partial charge on any atom is -0.378 e. The Balaban J connectivity index is 1.39. The highest BCUT2D eigenvalue weighted by Crippen LogP contribution is 2.42. The predicted molar refractivity (Wildman–Crippen MR) is 126 cm³/mol. The van der Waals surface area contributed by atoms with E-state index in [-0.39, 0.29) is 0 Å². The lowest BCUT2D eigenvalue weighted by atomic mass is 9.76. The fraction of sp³-hybridized carbons (Fsp3) is 0.692. The van der Waals surface area contributed by atoms with Crippen LogP contribution in [0.5, 0.6) is 0 Å². The van der Waals surface area contributed by atoms with Gasteiger partial charge in [0.1, 0.15) is 0 Å². The van der Waals surface area contributed by atoms with Crippen LogP contribution in [0, 0.1) is 11.3 Å². The maximum atomic E-state index is 5.59. The molecule has 30 heavy (non-hydrogen) atoms. The first kappa shape index (κ1) is 20.4. The summed E-state index contributed by atoms with van der Waals surface area (Å²) < 4.78 is 5.59. The fourth-order valence-corrected chi connectivity index (χ4v) is 5.23. The second-order valence-corrected chi connectivity index (χ2v) is 10.6. The van der Waals surface area contributed by atoms with Crippen molar-refractivity contribution in [1.82, 2.24) is 4.90 Å². The zero-order chi connectivity index (χ0) is 20.6. The second-order valence-electron chi connectivity index (χ2n) is 10.6. The Kier molecular flexibility index (Phi) is 5.81. The van der Waals surface area contributed by atoms with E-state index in [1.165, 1.54) is 68.7 Å². The zero-order valence-electron chi connectivity index (χ0n) is 19.0. The van der Waals surface area contributed by atoms with Crippen LogP contribution >= 0.6 is 0 Å². The second kappa shape index (κ2) is 8.55. The predicted octanol–water partition coefficient (Wildman–Crippen LogP) is 4.65. The summed E-state index contributed by atoms with van der Waals surface area (Å²) in [6, 6.07) is 7.26. The van der Waals surface area contributed by atoms with Crippen LogP contribution in [0.25, 0.3) is 5.57 Å². The van der Waals surface area contributed by atoms with E-state index in [1.54, 1.807) is 5.57 Å². The molecular weight excluding hydrogens is 370 g/mol. The van der Waals surface area contributed by atoms with E-state index in [2.05, 4.69) is 52.8 Å². The normalized spacial score (nSPS) is 25.3. The van der Waals surface area contributed by atoms with Gasteiger partial charge in [0.05, 0.1) is 13.2 Å². The third-order valence-electron chi connectivity index (χ3n) is 7.60. The summed E-state index contributed by atoms with van der Waals surface area (Å²) in [6.45, 7) is 14.6. The van der Waals surface area contributed by atoms with Crippen LogP contribution in [0.2, 0.25) is 0 Å². The van der Waals surface area contributed by atoms with Gasteiger partial charge >= 0.3 is 0 Å². The molecule has 0 N–H and O–H groups in total. The van der Waals surface area contributed by atoms with Gasteiger partial charge in [0.2, 0.25) is 0 Å². The topological polar surface area (TPSA) is 19.0 Å².